The first-order chi connectivity index (χ1) is 6.11. The monoisotopic (exact) mass is 200 g/mol. The van der Waals surface area contributed by atoms with Crippen molar-refractivity contribution in [2.45, 2.75) is 18.8 Å². The standard InChI is InChI=1S/C8H8BrN/c9-8-3-7(4-10-5-8)6-1-2-6/h3-6H,1-2H2/i3D,4D,5D. The van der Waals surface area contributed by atoms with Crippen LogP contribution in [-0.4, -0.2) is 4.98 Å². The van der Waals surface area contributed by atoms with Gasteiger partial charge in [0.15, 0.2) is 0 Å². The van der Waals surface area contributed by atoms with Gasteiger partial charge >= 0.3 is 0 Å². The molecule has 2 rings (SSSR count). The fraction of sp³-hybridized carbons (Fsp3) is 0.375. The third-order valence-corrected chi connectivity index (χ3v) is 1.94. The van der Waals surface area contributed by atoms with Gasteiger partial charge in [-0.3, -0.25) is 4.98 Å². The summed E-state index contributed by atoms with van der Waals surface area (Å²) in [4.78, 5) is 3.76. The molecule has 0 aliphatic heterocycles. The zero-order valence-electron chi connectivity index (χ0n) is 8.32. The van der Waals surface area contributed by atoms with Crippen LogP contribution in [0.2, 0.25) is 0 Å². The van der Waals surface area contributed by atoms with E-state index in [0.717, 1.165) is 12.8 Å². The van der Waals surface area contributed by atoms with Crippen molar-refractivity contribution in [1.82, 2.24) is 4.98 Å². The quantitative estimate of drug-likeness (QED) is 0.680. The van der Waals surface area contributed by atoms with Crippen LogP contribution in [0.15, 0.2) is 22.9 Å². The highest BCUT2D eigenvalue weighted by molar-refractivity contribution is 9.10. The van der Waals surface area contributed by atoms with Gasteiger partial charge in [-0.2, -0.15) is 0 Å². The van der Waals surface area contributed by atoms with Crippen molar-refractivity contribution in [2.24, 2.45) is 0 Å². The molecule has 10 heavy (non-hydrogen) atoms. The Labute approximate surface area is 72.8 Å². The molecule has 0 aromatic carbocycles. The summed E-state index contributed by atoms with van der Waals surface area (Å²) in [6, 6.07) is 0.271. The second kappa shape index (κ2) is 2.35. The van der Waals surface area contributed by atoms with E-state index in [0.29, 0.717) is 16.0 Å². The van der Waals surface area contributed by atoms with Crippen molar-refractivity contribution in [3.05, 3.63) is 28.4 Å². The second-order valence-electron chi connectivity index (χ2n) is 2.46. The van der Waals surface area contributed by atoms with E-state index in [9.17, 15) is 0 Å². The molecule has 0 N–H and O–H groups in total. The van der Waals surface area contributed by atoms with Crippen LogP contribution in [0.4, 0.5) is 0 Å². The van der Waals surface area contributed by atoms with Gasteiger partial charge < -0.3 is 0 Å². The lowest BCUT2D eigenvalue weighted by molar-refractivity contribution is 1.09. The van der Waals surface area contributed by atoms with E-state index in [1.165, 1.54) is 0 Å². The lowest BCUT2D eigenvalue weighted by Crippen LogP contribution is -1.80. The number of hydrogen-bond acceptors (Lipinski definition) is 1. The van der Waals surface area contributed by atoms with Crippen molar-refractivity contribution < 1.29 is 4.11 Å². The largest absolute Gasteiger partial charge is 0.263 e. The van der Waals surface area contributed by atoms with Gasteiger partial charge in [0, 0.05) is 16.8 Å². The summed E-state index contributed by atoms with van der Waals surface area (Å²) in [5, 5.41) is 0. The fourth-order valence-corrected chi connectivity index (χ4v) is 1.18. The Morgan fingerprint density at radius 2 is 2.40 bits per heavy atom. The molecule has 1 heterocycles. The Hall–Kier alpha value is -0.370. The molecule has 1 aromatic rings. The van der Waals surface area contributed by atoms with Crippen LogP contribution in [0.3, 0.4) is 0 Å². The Morgan fingerprint density at radius 3 is 3.10 bits per heavy atom. The molecule has 1 saturated carbocycles. The third-order valence-electron chi connectivity index (χ3n) is 1.56. The predicted octanol–water partition coefficient (Wildman–Crippen LogP) is 2.72. The van der Waals surface area contributed by atoms with E-state index in [2.05, 4.69) is 20.9 Å². The molecule has 1 aromatic heterocycles. The Balaban J connectivity index is 2.60. The molecule has 2 heteroatoms. The van der Waals surface area contributed by atoms with E-state index >= 15 is 0 Å². The lowest BCUT2D eigenvalue weighted by Gasteiger charge is -1.95. The Bertz CT molecular complexity index is 363. The molecule has 0 bridgehead atoms. The van der Waals surface area contributed by atoms with Crippen molar-refractivity contribution in [2.75, 3.05) is 0 Å². The Kier molecular flexibility index (Phi) is 0.906. The molecular weight excluding hydrogens is 190 g/mol. The number of nitrogens with zero attached hydrogens (tertiary/aromatic N) is 1. The van der Waals surface area contributed by atoms with Gasteiger partial charge in [-0.05, 0) is 46.3 Å². The smallest absolute Gasteiger partial charge is 0.0852 e. The summed E-state index contributed by atoms with van der Waals surface area (Å²) < 4.78 is 23.0. The average Bonchev–Trinajstić information content (AvgIpc) is 2.84. The van der Waals surface area contributed by atoms with Gasteiger partial charge in [-0.25, -0.2) is 0 Å². The molecule has 1 nitrogen and oxygen atoms in total. The van der Waals surface area contributed by atoms with Crippen LogP contribution in [0.25, 0.3) is 0 Å². The van der Waals surface area contributed by atoms with E-state index in [1.807, 2.05) is 0 Å². The highest BCUT2D eigenvalue weighted by atomic mass is 79.9. The SMILES string of the molecule is [2H]c1nc([2H])c(C2CC2)c([2H])c1Br. The van der Waals surface area contributed by atoms with Crippen LogP contribution in [-0.2, 0) is 0 Å². The zero-order valence-corrected chi connectivity index (χ0v) is 6.90. The van der Waals surface area contributed by atoms with Crippen molar-refractivity contribution in [1.29, 1.82) is 0 Å². The van der Waals surface area contributed by atoms with Gasteiger partial charge in [0.25, 0.3) is 0 Å². The van der Waals surface area contributed by atoms with Gasteiger partial charge in [0.05, 0.1) is 4.11 Å². The molecule has 0 radical (unpaired) electrons. The number of hydrogen-bond donors (Lipinski definition) is 0. The molecule has 0 unspecified atom stereocenters. The van der Waals surface area contributed by atoms with Gasteiger partial charge in [0.1, 0.15) is 0 Å². The van der Waals surface area contributed by atoms with Gasteiger partial charge in [0.2, 0.25) is 0 Å². The molecule has 0 atom stereocenters. The molecule has 0 saturated heterocycles. The maximum absolute atomic E-state index is 7.72. The van der Waals surface area contributed by atoms with Crippen LogP contribution in [0.1, 0.15) is 28.4 Å². The molecule has 52 valence electrons. The highest BCUT2D eigenvalue weighted by Gasteiger charge is 2.23. The highest BCUT2D eigenvalue weighted by Crippen LogP contribution is 2.40. The summed E-state index contributed by atoms with van der Waals surface area (Å²) >= 11 is 3.14. The van der Waals surface area contributed by atoms with Crippen LogP contribution < -0.4 is 0 Å². The average molecular weight is 201 g/mol. The van der Waals surface area contributed by atoms with Gasteiger partial charge in [-0.15, -0.1) is 0 Å². The number of aromatic nitrogens is 1. The number of pyridine rings is 1. The maximum atomic E-state index is 7.72. The number of halogens is 1. The minimum absolute atomic E-state index is 0.0144. The first-order valence-corrected chi connectivity index (χ1v) is 4.03. The summed E-state index contributed by atoms with van der Waals surface area (Å²) in [6.07, 6.45) is 2.17. The second-order valence-corrected chi connectivity index (χ2v) is 3.26. The van der Waals surface area contributed by atoms with Crippen LogP contribution in [0.5, 0.6) is 0 Å². The minimum Gasteiger partial charge on any atom is -0.263 e. The molecule has 0 amide bonds. The van der Waals surface area contributed by atoms with Crippen molar-refractivity contribution in [3.8, 4) is 0 Å². The maximum Gasteiger partial charge on any atom is 0.0852 e. The Morgan fingerprint density at radius 1 is 1.60 bits per heavy atom. The molecule has 1 aliphatic carbocycles. The fourth-order valence-electron chi connectivity index (χ4n) is 0.877. The van der Waals surface area contributed by atoms with E-state index in [1.54, 1.807) is 0 Å². The lowest BCUT2D eigenvalue weighted by atomic mass is 10.2. The summed E-state index contributed by atoms with van der Waals surface area (Å²) in [7, 11) is 0. The molecular formula is C8H8BrN. The van der Waals surface area contributed by atoms with E-state index in [-0.39, 0.29) is 18.4 Å². The molecule has 1 fully saturated rings. The van der Waals surface area contributed by atoms with Crippen molar-refractivity contribution in [3.63, 3.8) is 0 Å². The first-order valence-electron chi connectivity index (χ1n) is 4.74. The van der Waals surface area contributed by atoms with E-state index < -0.39 is 0 Å². The molecule has 0 spiro atoms. The summed E-state index contributed by atoms with van der Waals surface area (Å²) in [6.45, 7) is 0. The van der Waals surface area contributed by atoms with Gasteiger partial charge in [-0.1, -0.05) is 0 Å². The first kappa shape index (κ1) is 3.86. The van der Waals surface area contributed by atoms with Crippen LogP contribution >= 0.6 is 15.9 Å². The van der Waals surface area contributed by atoms with Crippen molar-refractivity contribution >= 4 is 15.9 Å². The molecule has 1 aliphatic rings. The van der Waals surface area contributed by atoms with E-state index in [4.69, 9.17) is 4.11 Å². The predicted molar refractivity (Wildman–Crippen MR) is 43.9 cm³/mol. The minimum atomic E-state index is -0.0144. The van der Waals surface area contributed by atoms with Crippen LogP contribution in [0, 0.1) is 0 Å². The zero-order chi connectivity index (χ0) is 9.59. The topological polar surface area (TPSA) is 12.9 Å². The summed E-state index contributed by atoms with van der Waals surface area (Å²) in [5.74, 6) is 0.337. The number of rotatable bonds is 1. The third kappa shape index (κ3) is 1.21. The summed E-state index contributed by atoms with van der Waals surface area (Å²) in [5.41, 5.74) is 0.697. The normalized spacial score (nSPS) is 21.5.